The van der Waals surface area contributed by atoms with Crippen molar-refractivity contribution in [3.8, 4) is 0 Å². The summed E-state index contributed by atoms with van der Waals surface area (Å²) in [5, 5.41) is 0. The van der Waals surface area contributed by atoms with Crippen molar-refractivity contribution in [1.82, 2.24) is 14.9 Å². The maximum atomic E-state index is 12.8. The van der Waals surface area contributed by atoms with Crippen LogP contribution in [0.3, 0.4) is 0 Å². The van der Waals surface area contributed by atoms with E-state index in [1.807, 2.05) is 48.5 Å². The van der Waals surface area contributed by atoms with Crippen molar-refractivity contribution in [2.75, 3.05) is 7.05 Å². The monoisotopic (exact) mass is 319 g/mol. The number of rotatable bonds is 4. The summed E-state index contributed by atoms with van der Waals surface area (Å²) in [6.07, 6.45) is 3.20. The maximum absolute atomic E-state index is 12.8. The maximum Gasteiger partial charge on any atom is 0.260 e. The van der Waals surface area contributed by atoms with Crippen molar-refractivity contribution in [3.05, 3.63) is 100 Å². The minimum atomic E-state index is -0.401. The SMILES string of the molecule is CN(C(=O)c1ccc[nH]c1=O)[C@@H](c1ccccc1)c1ccccn1. The standard InChI is InChI=1S/C19H17N3O2/c1-22(19(24)15-10-7-13-21-18(15)23)17(14-8-3-2-4-9-14)16-11-5-6-12-20-16/h2-13,17H,1H3,(H,21,23)/t17-/m0/s1. The number of aromatic amines is 1. The number of aromatic nitrogens is 2. The summed E-state index contributed by atoms with van der Waals surface area (Å²) < 4.78 is 0. The van der Waals surface area contributed by atoms with E-state index in [0.29, 0.717) is 0 Å². The van der Waals surface area contributed by atoms with Crippen molar-refractivity contribution in [1.29, 1.82) is 0 Å². The molecule has 0 radical (unpaired) electrons. The van der Waals surface area contributed by atoms with Gasteiger partial charge in [-0.1, -0.05) is 36.4 Å². The van der Waals surface area contributed by atoms with Crippen LogP contribution in [0.2, 0.25) is 0 Å². The molecule has 24 heavy (non-hydrogen) atoms. The Balaban J connectivity index is 2.04. The molecule has 0 fully saturated rings. The van der Waals surface area contributed by atoms with E-state index in [9.17, 15) is 9.59 Å². The first kappa shape index (κ1) is 15.7. The molecule has 3 rings (SSSR count). The van der Waals surface area contributed by atoms with Gasteiger partial charge in [0.15, 0.2) is 0 Å². The van der Waals surface area contributed by atoms with Crippen LogP contribution in [0.4, 0.5) is 0 Å². The van der Waals surface area contributed by atoms with Crippen molar-refractivity contribution < 1.29 is 4.79 Å². The molecule has 0 aliphatic heterocycles. The van der Waals surface area contributed by atoms with E-state index >= 15 is 0 Å². The largest absolute Gasteiger partial charge is 0.329 e. The summed E-state index contributed by atoms with van der Waals surface area (Å²) in [4.78, 5) is 33.2. The summed E-state index contributed by atoms with van der Waals surface area (Å²) in [6.45, 7) is 0. The molecule has 0 spiro atoms. The lowest BCUT2D eigenvalue weighted by Crippen LogP contribution is -2.35. The van der Waals surface area contributed by atoms with Gasteiger partial charge < -0.3 is 9.88 Å². The molecule has 2 heterocycles. The van der Waals surface area contributed by atoms with Gasteiger partial charge in [-0.05, 0) is 29.8 Å². The van der Waals surface area contributed by atoms with E-state index in [1.54, 1.807) is 24.2 Å². The van der Waals surface area contributed by atoms with Gasteiger partial charge in [0.25, 0.3) is 11.5 Å². The number of H-pyrrole nitrogens is 1. The fourth-order valence-corrected chi connectivity index (χ4v) is 2.66. The average molecular weight is 319 g/mol. The second kappa shape index (κ2) is 6.91. The number of amides is 1. The summed E-state index contributed by atoms with van der Waals surface area (Å²) in [6, 6.07) is 18.0. The number of carbonyl (C=O) groups is 1. The van der Waals surface area contributed by atoms with Crippen LogP contribution in [-0.2, 0) is 0 Å². The highest BCUT2D eigenvalue weighted by atomic mass is 16.2. The van der Waals surface area contributed by atoms with Gasteiger partial charge in [0.05, 0.1) is 11.7 Å². The normalized spacial score (nSPS) is 11.7. The lowest BCUT2D eigenvalue weighted by molar-refractivity contribution is 0.0751. The van der Waals surface area contributed by atoms with Crippen LogP contribution in [0.15, 0.2) is 77.9 Å². The first-order valence-corrected chi connectivity index (χ1v) is 7.59. The molecule has 0 bridgehead atoms. The van der Waals surface area contributed by atoms with Gasteiger partial charge in [-0.15, -0.1) is 0 Å². The second-order valence-corrected chi connectivity index (χ2v) is 5.40. The molecular weight excluding hydrogens is 302 g/mol. The number of nitrogens with zero attached hydrogens (tertiary/aromatic N) is 2. The quantitative estimate of drug-likeness (QED) is 0.804. The first-order valence-electron chi connectivity index (χ1n) is 7.59. The molecule has 0 aliphatic carbocycles. The molecule has 5 heteroatoms. The van der Waals surface area contributed by atoms with Gasteiger partial charge in [0, 0.05) is 19.4 Å². The zero-order valence-electron chi connectivity index (χ0n) is 13.2. The van der Waals surface area contributed by atoms with Gasteiger partial charge in [0.1, 0.15) is 5.56 Å². The Bertz CT molecular complexity index is 836. The van der Waals surface area contributed by atoms with E-state index in [2.05, 4.69) is 9.97 Å². The van der Waals surface area contributed by atoms with Crippen molar-refractivity contribution in [3.63, 3.8) is 0 Å². The lowest BCUT2D eigenvalue weighted by atomic mass is 10.0. The van der Waals surface area contributed by atoms with Gasteiger partial charge >= 0.3 is 0 Å². The third-order valence-electron chi connectivity index (χ3n) is 3.84. The van der Waals surface area contributed by atoms with E-state index in [4.69, 9.17) is 0 Å². The number of hydrogen-bond donors (Lipinski definition) is 1. The van der Waals surface area contributed by atoms with E-state index in [-0.39, 0.29) is 17.5 Å². The lowest BCUT2D eigenvalue weighted by Gasteiger charge is -2.28. The highest BCUT2D eigenvalue weighted by Gasteiger charge is 2.26. The molecule has 0 saturated carbocycles. The minimum Gasteiger partial charge on any atom is -0.329 e. The summed E-state index contributed by atoms with van der Waals surface area (Å²) in [5.74, 6) is -0.351. The van der Waals surface area contributed by atoms with Crippen molar-refractivity contribution >= 4 is 5.91 Å². The average Bonchev–Trinajstić information content (AvgIpc) is 2.63. The minimum absolute atomic E-state index is 0.108. The fraction of sp³-hybridized carbons (Fsp3) is 0.105. The van der Waals surface area contributed by atoms with E-state index in [0.717, 1.165) is 11.3 Å². The van der Waals surface area contributed by atoms with E-state index < -0.39 is 5.56 Å². The number of hydrogen-bond acceptors (Lipinski definition) is 3. The predicted octanol–water partition coefficient (Wildman–Crippen LogP) is 2.63. The summed E-state index contributed by atoms with van der Waals surface area (Å²) >= 11 is 0. The fourth-order valence-electron chi connectivity index (χ4n) is 2.66. The molecular formula is C19H17N3O2. The second-order valence-electron chi connectivity index (χ2n) is 5.40. The molecule has 1 aromatic carbocycles. The predicted molar refractivity (Wildman–Crippen MR) is 91.7 cm³/mol. The molecule has 1 amide bonds. The Morgan fingerprint density at radius 3 is 2.46 bits per heavy atom. The number of nitrogens with one attached hydrogen (secondary N) is 1. The molecule has 120 valence electrons. The molecule has 0 saturated heterocycles. The van der Waals surface area contributed by atoms with Crippen LogP contribution in [0.25, 0.3) is 0 Å². The summed E-state index contributed by atoms with van der Waals surface area (Å²) in [7, 11) is 1.68. The Labute approximate surface area is 139 Å². The van der Waals surface area contributed by atoms with Gasteiger partial charge in [-0.25, -0.2) is 0 Å². The Hall–Kier alpha value is -3.21. The van der Waals surface area contributed by atoms with Gasteiger partial charge in [-0.3, -0.25) is 14.6 Å². The van der Waals surface area contributed by atoms with E-state index in [1.165, 1.54) is 12.3 Å². The van der Waals surface area contributed by atoms with Crippen LogP contribution in [0.1, 0.15) is 27.7 Å². The molecule has 0 aliphatic rings. The Morgan fingerprint density at radius 1 is 1.04 bits per heavy atom. The van der Waals surface area contributed by atoms with Crippen LogP contribution >= 0.6 is 0 Å². The smallest absolute Gasteiger partial charge is 0.260 e. The molecule has 1 atom stereocenters. The zero-order valence-corrected chi connectivity index (χ0v) is 13.2. The van der Waals surface area contributed by atoms with Crippen LogP contribution in [0, 0.1) is 0 Å². The van der Waals surface area contributed by atoms with Gasteiger partial charge in [0.2, 0.25) is 0 Å². The molecule has 0 unspecified atom stereocenters. The van der Waals surface area contributed by atoms with Crippen LogP contribution in [0.5, 0.6) is 0 Å². The first-order chi connectivity index (χ1) is 11.7. The highest BCUT2D eigenvalue weighted by Crippen LogP contribution is 2.26. The number of pyridine rings is 2. The topological polar surface area (TPSA) is 66.1 Å². The highest BCUT2D eigenvalue weighted by molar-refractivity contribution is 5.94. The molecule has 5 nitrogen and oxygen atoms in total. The number of benzene rings is 1. The molecule has 3 aromatic rings. The Kier molecular flexibility index (Phi) is 4.52. The van der Waals surface area contributed by atoms with Crippen LogP contribution < -0.4 is 5.56 Å². The molecule has 2 aromatic heterocycles. The Morgan fingerprint density at radius 2 is 1.79 bits per heavy atom. The zero-order chi connectivity index (χ0) is 16.9. The third-order valence-corrected chi connectivity index (χ3v) is 3.84. The summed E-state index contributed by atoms with van der Waals surface area (Å²) in [5.41, 5.74) is 1.38. The molecule has 1 N–H and O–H groups in total. The van der Waals surface area contributed by atoms with Crippen molar-refractivity contribution in [2.45, 2.75) is 6.04 Å². The van der Waals surface area contributed by atoms with Crippen LogP contribution in [-0.4, -0.2) is 27.8 Å². The number of carbonyl (C=O) groups excluding carboxylic acids is 1. The van der Waals surface area contributed by atoms with Gasteiger partial charge in [-0.2, -0.15) is 0 Å². The van der Waals surface area contributed by atoms with Crippen molar-refractivity contribution in [2.24, 2.45) is 0 Å². The third kappa shape index (κ3) is 3.10.